The summed E-state index contributed by atoms with van der Waals surface area (Å²) in [7, 11) is 0. The highest BCUT2D eigenvalue weighted by Gasteiger charge is 2.15. The number of aromatic nitrogens is 1. The maximum absolute atomic E-state index is 12.0. The van der Waals surface area contributed by atoms with Crippen molar-refractivity contribution in [1.82, 2.24) is 4.98 Å². The third-order valence-corrected chi connectivity index (χ3v) is 3.91. The number of rotatable bonds is 4. The molecule has 0 saturated carbocycles. The summed E-state index contributed by atoms with van der Waals surface area (Å²) in [6, 6.07) is 6.46. The van der Waals surface area contributed by atoms with E-state index < -0.39 is 18.5 Å². The Morgan fingerprint density at radius 1 is 1.25 bits per heavy atom. The summed E-state index contributed by atoms with van der Waals surface area (Å²) >= 11 is 11.8. The van der Waals surface area contributed by atoms with Crippen molar-refractivity contribution in [1.29, 1.82) is 0 Å². The molecular weight excluding hydrogens is 353 g/mol. The molecule has 0 bridgehead atoms. The van der Waals surface area contributed by atoms with Gasteiger partial charge in [0.05, 0.1) is 21.3 Å². The van der Waals surface area contributed by atoms with Gasteiger partial charge in [0, 0.05) is 5.69 Å². The fourth-order valence-electron chi connectivity index (χ4n) is 1.88. The van der Waals surface area contributed by atoms with Crippen LogP contribution in [-0.4, -0.2) is 23.5 Å². The van der Waals surface area contributed by atoms with Crippen LogP contribution in [0, 0.1) is 13.8 Å². The van der Waals surface area contributed by atoms with Crippen molar-refractivity contribution in [3.05, 3.63) is 51.1 Å². The summed E-state index contributed by atoms with van der Waals surface area (Å²) in [6.07, 6.45) is 0. The molecule has 2 rings (SSSR count). The molecule has 0 saturated heterocycles. The van der Waals surface area contributed by atoms with Crippen molar-refractivity contribution >= 4 is 46.6 Å². The molecule has 0 spiro atoms. The number of nitrogens with one attached hydrogen (secondary N) is 1. The van der Waals surface area contributed by atoms with Crippen LogP contribution in [0.5, 0.6) is 0 Å². The lowest BCUT2D eigenvalue weighted by atomic mass is 10.1. The van der Waals surface area contributed by atoms with E-state index in [4.69, 9.17) is 33.7 Å². The molecule has 3 N–H and O–H groups in total. The summed E-state index contributed by atoms with van der Waals surface area (Å²) in [5, 5.41) is 3.04. The summed E-state index contributed by atoms with van der Waals surface area (Å²) in [4.78, 5) is 28.0. The Labute approximate surface area is 148 Å². The van der Waals surface area contributed by atoms with Gasteiger partial charge >= 0.3 is 5.97 Å². The second kappa shape index (κ2) is 7.51. The third-order valence-electron chi connectivity index (χ3n) is 3.24. The zero-order valence-electron chi connectivity index (χ0n) is 13.0. The second-order valence-electron chi connectivity index (χ2n) is 5.05. The quantitative estimate of drug-likeness (QED) is 0.637. The molecule has 6 nitrogen and oxygen atoms in total. The average Bonchev–Trinajstić information content (AvgIpc) is 2.53. The predicted octanol–water partition coefficient (Wildman–Crippen LogP) is 3.38. The number of esters is 1. The normalized spacial score (nSPS) is 10.3. The van der Waals surface area contributed by atoms with E-state index in [0.717, 1.165) is 5.56 Å². The van der Waals surface area contributed by atoms with Crippen LogP contribution in [0.25, 0.3) is 0 Å². The van der Waals surface area contributed by atoms with E-state index in [2.05, 4.69) is 10.3 Å². The number of pyridine rings is 1. The van der Waals surface area contributed by atoms with Gasteiger partial charge in [-0.1, -0.05) is 35.3 Å². The fourth-order valence-corrected chi connectivity index (χ4v) is 2.29. The molecule has 0 aliphatic rings. The van der Waals surface area contributed by atoms with Gasteiger partial charge in [0.25, 0.3) is 5.91 Å². The minimum atomic E-state index is -0.683. The van der Waals surface area contributed by atoms with Crippen LogP contribution in [0.4, 0.5) is 11.5 Å². The van der Waals surface area contributed by atoms with Gasteiger partial charge in [-0.3, -0.25) is 4.79 Å². The minimum Gasteiger partial charge on any atom is -0.452 e. The van der Waals surface area contributed by atoms with Crippen LogP contribution < -0.4 is 11.1 Å². The zero-order chi connectivity index (χ0) is 17.9. The average molecular weight is 368 g/mol. The smallest absolute Gasteiger partial charge is 0.340 e. The van der Waals surface area contributed by atoms with Gasteiger partial charge in [-0.25, -0.2) is 9.78 Å². The largest absolute Gasteiger partial charge is 0.452 e. The molecule has 1 aromatic heterocycles. The number of anilines is 2. The molecule has 0 aliphatic heterocycles. The summed E-state index contributed by atoms with van der Waals surface area (Å²) in [5.74, 6) is -1.11. The number of carbonyl (C=O) groups is 2. The maximum Gasteiger partial charge on any atom is 0.340 e. The van der Waals surface area contributed by atoms with Gasteiger partial charge in [0.2, 0.25) is 0 Å². The number of nitrogen functional groups attached to an aromatic ring is 1. The van der Waals surface area contributed by atoms with Gasteiger partial charge in [-0.15, -0.1) is 0 Å². The van der Waals surface area contributed by atoms with E-state index in [1.807, 2.05) is 0 Å². The Hall–Kier alpha value is -2.31. The number of aryl methyl sites for hydroxylation is 2. The van der Waals surface area contributed by atoms with E-state index in [1.165, 1.54) is 12.1 Å². The lowest BCUT2D eigenvalue weighted by Gasteiger charge is -2.10. The van der Waals surface area contributed by atoms with Gasteiger partial charge in [0.1, 0.15) is 0 Å². The first-order valence-electron chi connectivity index (χ1n) is 6.94. The predicted molar refractivity (Wildman–Crippen MR) is 93.5 cm³/mol. The Balaban J connectivity index is 2.00. The number of halogens is 2. The Bertz CT molecular complexity index is 809. The maximum atomic E-state index is 12.0. The summed E-state index contributed by atoms with van der Waals surface area (Å²) < 4.78 is 4.96. The second-order valence-corrected chi connectivity index (χ2v) is 5.86. The molecule has 1 amide bonds. The number of carbonyl (C=O) groups excluding carboxylic acids is 2. The van der Waals surface area contributed by atoms with E-state index in [0.29, 0.717) is 16.4 Å². The molecule has 0 aliphatic carbocycles. The van der Waals surface area contributed by atoms with Crippen LogP contribution >= 0.6 is 23.2 Å². The van der Waals surface area contributed by atoms with Crippen LogP contribution in [0.15, 0.2) is 24.3 Å². The molecule has 8 heteroatoms. The number of ether oxygens (including phenoxy) is 1. The molecule has 24 heavy (non-hydrogen) atoms. The highest BCUT2D eigenvalue weighted by molar-refractivity contribution is 6.36. The molecule has 0 atom stereocenters. The minimum absolute atomic E-state index is 0.148. The highest BCUT2D eigenvalue weighted by atomic mass is 35.5. The lowest BCUT2D eigenvalue weighted by Crippen LogP contribution is -2.22. The Kier molecular flexibility index (Phi) is 5.64. The number of hydrogen-bond donors (Lipinski definition) is 2. The van der Waals surface area contributed by atoms with Gasteiger partial charge in [0.15, 0.2) is 12.4 Å². The van der Waals surface area contributed by atoms with E-state index >= 15 is 0 Å². The van der Waals surface area contributed by atoms with Crippen molar-refractivity contribution in [2.75, 3.05) is 17.7 Å². The van der Waals surface area contributed by atoms with Crippen LogP contribution in [0.1, 0.15) is 21.6 Å². The van der Waals surface area contributed by atoms with Crippen LogP contribution in [0.3, 0.4) is 0 Å². The lowest BCUT2D eigenvalue weighted by molar-refractivity contribution is -0.119. The van der Waals surface area contributed by atoms with Crippen molar-refractivity contribution in [3.63, 3.8) is 0 Å². The third kappa shape index (κ3) is 4.15. The summed E-state index contributed by atoms with van der Waals surface area (Å²) in [5.41, 5.74) is 7.62. The molecular formula is C16H15Cl2N3O3. The molecule has 1 aromatic carbocycles. The Morgan fingerprint density at radius 2 is 1.96 bits per heavy atom. The molecule has 0 radical (unpaired) electrons. The van der Waals surface area contributed by atoms with Gasteiger partial charge < -0.3 is 15.8 Å². The first-order chi connectivity index (χ1) is 11.3. The van der Waals surface area contributed by atoms with Crippen molar-refractivity contribution in [2.45, 2.75) is 13.8 Å². The van der Waals surface area contributed by atoms with Gasteiger partial charge in [-0.05, 0) is 31.5 Å². The number of amides is 1. The van der Waals surface area contributed by atoms with Crippen molar-refractivity contribution < 1.29 is 14.3 Å². The molecule has 126 valence electrons. The molecule has 1 heterocycles. The number of benzene rings is 1. The van der Waals surface area contributed by atoms with Crippen LogP contribution in [0.2, 0.25) is 10.0 Å². The monoisotopic (exact) mass is 367 g/mol. The molecule has 0 fully saturated rings. The molecule has 2 aromatic rings. The topological polar surface area (TPSA) is 94.3 Å². The van der Waals surface area contributed by atoms with E-state index in [1.54, 1.807) is 26.0 Å². The SMILES string of the molecule is Cc1cccc(C(=O)OCC(=O)Nc2nc(C)c(Cl)cc2Cl)c1N. The van der Waals surface area contributed by atoms with Crippen molar-refractivity contribution in [2.24, 2.45) is 0 Å². The fraction of sp³-hybridized carbons (Fsp3) is 0.188. The molecule has 0 unspecified atom stereocenters. The van der Waals surface area contributed by atoms with E-state index in [-0.39, 0.29) is 16.4 Å². The standard InChI is InChI=1S/C16H15Cl2N3O3/c1-8-4-3-5-10(14(8)19)16(23)24-7-13(22)21-15-12(18)6-11(17)9(2)20-15/h3-6H,7,19H2,1-2H3,(H,20,21,22). The number of nitrogens with zero attached hydrogens (tertiary/aromatic N) is 1. The Morgan fingerprint density at radius 3 is 2.67 bits per heavy atom. The first kappa shape index (κ1) is 18.0. The van der Waals surface area contributed by atoms with Crippen LogP contribution in [-0.2, 0) is 9.53 Å². The zero-order valence-corrected chi connectivity index (χ0v) is 14.5. The van der Waals surface area contributed by atoms with Crippen molar-refractivity contribution in [3.8, 4) is 0 Å². The van der Waals surface area contributed by atoms with E-state index in [9.17, 15) is 9.59 Å². The number of nitrogens with two attached hydrogens (primary N) is 1. The highest BCUT2D eigenvalue weighted by Crippen LogP contribution is 2.25. The van der Waals surface area contributed by atoms with Gasteiger partial charge in [-0.2, -0.15) is 0 Å². The number of hydrogen-bond acceptors (Lipinski definition) is 5. The summed E-state index contributed by atoms with van der Waals surface area (Å²) in [6.45, 7) is 2.95. The number of para-hydroxylation sites is 1. The first-order valence-corrected chi connectivity index (χ1v) is 7.70.